The zero-order chi connectivity index (χ0) is 13.6. The average molecular weight is 264 g/mol. The van der Waals surface area contributed by atoms with E-state index in [0.717, 1.165) is 0 Å². The molecule has 2 unspecified atom stereocenters. The molecule has 0 spiro atoms. The zero-order valence-corrected chi connectivity index (χ0v) is 10.7. The third kappa shape index (κ3) is 12.0. The van der Waals surface area contributed by atoms with E-state index in [-0.39, 0.29) is 33.0 Å². The molecule has 0 aromatic rings. The van der Waals surface area contributed by atoms with Crippen molar-refractivity contribution in [3.63, 3.8) is 0 Å². The van der Waals surface area contributed by atoms with Gasteiger partial charge >= 0.3 is 0 Å². The van der Waals surface area contributed by atoms with Crippen LogP contribution in [-0.2, 0) is 14.2 Å². The highest BCUT2D eigenvalue weighted by molar-refractivity contribution is 4.64. The maximum atomic E-state index is 9.44. The van der Waals surface area contributed by atoms with Crippen molar-refractivity contribution >= 4 is 0 Å². The first-order valence-corrected chi connectivity index (χ1v) is 6.01. The Kier molecular flexibility index (Phi) is 12.6. The molecule has 0 saturated heterocycles. The van der Waals surface area contributed by atoms with Crippen molar-refractivity contribution in [3.05, 3.63) is 12.7 Å². The summed E-state index contributed by atoms with van der Waals surface area (Å²) in [5.41, 5.74) is 0. The minimum absolute atomic E-state index is 0.0729. The van der Waals surface area contributed by atoms with E-state index in [1.54, 1.807) is 6.08 Å². The Morgan fingerprint density at radius 2 is 1.50 bits per heavy atom. The quantitative estimate of drug-likeness (QED) is 0.302. The van der Waals surface area contributed by atoms with E-state index < -0.39 is 12.2 Å². The second-order valence-corrected chi connectivity index (χ2v) is 3.82. The summed E-state index contributed by atoms with van der Waals surface area (Å²) >= 11 is 0. The fourth-order valence-corrected chi connectivity index (χ4v) is 1.11. The first-order chi connectivity index (χ1) is 8.70. The minimum Gasteiger partial charge on any atom is -0.396 e. The molecule has 0 aromatic heterocycles. The molecule has 18 heavy (non-hydrogen) atoms. The summed E-state index contributed by atoms with van der Waals surface area (Å²) in [7, 11) is 0. The van der Waals surface area contributed by atoms with Crippen molar-refractivity contribution in [2.24, 2.45) is 0 Å². The highest BCUT2D eigenvalue weighted by Gasteiger charge is 2.08. The van der Waals surface area contributed by atoms with E-state index in [1.807, 2.05) is 0 Å². The Hall–Kier alpha value is -0.500. The normalized spacial score (nSPS) is 14.4. The third-order valence-electron chi connectivity index (χ3n) is 1.92. The number of rotatable bonds is 13. The molecule has 0 bridgehead atoms. The zero-order valence-electron chi connectivity index (χ0n) is 10.7. The second kappa shape index (κ2) is 12.9. The number of ether oxygens (including phenoxy) is 3. The van der Waals surface area contributed by atoms with E-state index >= 15 is 0 Å². The van der Waals surface area contributed by atoms with Gasteiger partial charge in [-0.3, -0.25) is 0 Å². The monoisotopic (exact) mass is 264 g/mol. The molecular formula is C12H24O6. The van der Waals surface area contributed by atoms with Crippen LogP contribution >= 0.6 is 0 Å². The maximum Gasteiger partial charge on any atom is 0.101 e. The molecule has 0 saturated carbocycles. The van der Waals surface area contributed by atoms with Crippen molar-refractivity contribution in [3.8, 4) is 0 Å². The Labute approximate surface area is 108 Å². The number of aliphatic hydroxyl groups is 3. The summed E-state index contributed by atoms with van der Waals surface area (Å²) in [6.45, 7) is 4.88. The van der Waals surface area contributed by atoms with Crippen LogP contribution < -0.4 is 0 Å². The molecule has 2 atom stereocenters. The molecule has 3 N–H and O–H groups in total. The first kappa shape index (κ1) is 17.5. The van der Waals surface area contributed by atoms with Gasteiger partial charge < -0.3 is 29.5 Å². The molecule has 108 valence electrons. The van der Waals surface area contributed by atoms with Crippen LogP contribution in [0.1, 0.15) is 6.42 Å². The van der Waals surface area contributed by atoms with Crippen molar-refractivity contribution < 1.29 is 29.5 Å². The van der Waals surface area contributed by atoms with Crippen molar-refractivity contribution in [1.82, 2.24) is 0 Å². The van der Waals surface area contributed by atoms with E-state index in [4.69, 9.17) is 19.3 Å². The summed E-state index contributed by atoms with van der Waals surface area (Å²) in [4.78, 5) is 0. The summed E-state index contributed by atoms with van der Waals surface area (Å²) in [5.74, 6) is 0. The smallest absolute Gasteiger partial charge is 0.101 e. The van der Waals surface area contributed by atoms with Gasteiger partial charge in [-0.05, 0) is 6.42 Å². The van der Waals surface area contributed by atoms with Gasteiger partial charge in [-0.15, -0.1) is 6.58 Å². The van der Waals surface area contributed by atoms with Gasteiger partial charge in [-0.25, -0.2) is 0 Å². The van der Waals surface area contributed by atoms with E-state index in [9.17, 15) is 10.2 Å². The lowest BCUT2D eigenvalue weighted by Gasteiger charge is -2.14. The molecule has 0 aromatic carbocycles. The Bertz CT molecular complexity index is 187. The molecule has 6 nitrogen and oxygen atoms in total. The first-order valence-electron chi connectivity index (χ1n) is 6.01. The molecule has 0 radical (unpaired) electrons. The molecule has 0 rings (SSSR count). The van der Waals surface area contributed by atoms with Gasteiger partial charge in [0.05, 0.1) is 33.0 Å². The Morgan fingerprint density at radius 3 is 2.06 bits per heavy atom. The fourth-order valence-electron chi connectivity index (χ4n) is 1.11. The predicted octanol–water partition coefficient (Wildman–Crippen LogP) is -0.674. The van der Waals surface area contributed by atoms with E-state index in [0.29, 0.717) is 19.6 Å². The molecule has 0 aliphatic rings. The van der Waals surface area contributed by atoms with Crippen LogP contribution in [0, 0.1) is 0 Å². The van der Waals surface area contributed by atoms with Crippen molar-refractivity contribution in [1.29, 1.82) is 0 Å². The number of hydrogen-bond donors (Lipinski definition) is 3. The lowest BCUT2D eigenvalue weighted by Crippen LogP contribution is -2.27. The second-order valence-electron chi connectivity index (χ2n) is 3.82. The third-order valence-corrected chi connectivity index (χ3v) is 1.92. The SMILES string of the molecule is C=CCOCC(O)COCC(O)COCCCO. The van der Waals surface area contributed by atoms with Crippen LogP contribution in [0.5, 0.6) is 0 Å². The fraction of sp³-hybridized carbons (Fsp3) is 0.833. The molecule has 0 heterocycles. The topological polar surface area (TPSA) is 88.4 Å². The number of hydrogen-bond acceptors (Lipinski definition) is 6. The number of aliphatic hydroxyl groups excluding tert-OH is 3. The molecular weight excluding hydrogens is 240 g/mol. The maximum absolute atomic E-state index is 9.44. The van der Waals surface area contributed by atoms with Crippen LogP contribution in [-0.4, -0.2) is 73.8 Å². The Morgan fingerprint density at radius 1 is 0.944 bits per heavy atom. The standard InChI is InChI=1S/C12H24O6/c1-2-5-16-7-11(14)9-18-10-12(15)8-17-6-3-4-13/h2,11-15H,1,3-10H2. The van der Waals surface area contributed by atoms with Crippen LogP contribution in [0.25, 0.3) is 0 Å². The van der Waals surface area contributed by atoms with Gasteiger partial charge in [0.1, 0.15) is 12.2 Å². The molecule has 0 amide bonds. The van der Waals surface area contributed by atoms with Gasteiger partial charge in [-0.1, -0.05) is 6.08 Å². The van der Waals surface area contributed by atoms with Crippen LogP contribution in [0.3, 0.4) is 0 Å². The summed E-state index contributed by atoms with van der Waals surface area (Å²) in [5, 5.41) is 27.4. The highest BCUT2D eigenvalue weighted by atomic mass is 16.5. The Balaban J connectivity index is 3.32. The molecule has 0 aliphatic heterocycles. The minimum atomic E-state index is -0.731. The predicted molar refractivity (Wildman–Crippen MR) is 66.4 cm³/mol. The van der Waals surface area contributed by atoms with Gasteiger partial charge in [0, 0.05) is 13.2 Å². The lowest BCUT2D eigenvalue weighted by atomic mass is 10.4. The van der Waals surface area contributed by atoms with Gasteiger partial charge in [0.15, 0.2) is 0 Å². The van der Waals surface area contributed by atoms with Crippen molar-refractivity contribution in [2.75, 3.05) is 46.2 Å². The van der Waals surface area contributed by atoms with Gasteiger partial charge in [0.25, 0.3) is 0 Å². The average Bonchev–Trinajstić information content (AvgIpc) is 2.35. The van der Waals surface area contributed by atoms with Gasteiger partial charge in [-0.2, -0.15) is 0 Å². The summed E-state index contributed by atoms with van der Waals surface area (Å²) in [6, 6.07) is 0. The molecule has 0 fully saturated rings. The largest absolute Gasteiger partial charge is 0.396 e. The van der Waals surface area contributed by atoms with Crippen molar-refractivity contribution in [2.45, 2.75) is 18.6 Å². The lowest BCUT2D eigenvalue weighted by molar-refractivity contribution is -0.0548. The summed E-state index contributed by atoms with van der Waals surface area (Å²) < 4.78 is 15.2. The molecule has 0 aliphatic carbocycles. The highest BCUT2D eigenvalue weighted by Crippen LogP contribution is 1.93. The van der Waals surface area contributed by atoms with Crippen LogP contribution in [0.4, 0.5) is 0 Å². The molecule has 6 heteroatoms. The van der Waals surface area contributed by atoms with E-state index in [2.05, 4.69) is 6.58 Å². The summed E-state index contributed by atoms with van der Waals surface area (Å²) in [6.07, 6.45) is 0.700. The van der Waals surface area contributed by atoms with Gasteiger partial charge in [0.2, 0.25) is 0 Å². The van der Waals surface area contributed by atoms with E-state index in [1.165, 1.54) is 0 Å². The van der Waals surface area contributed by atoms with Crippen LogP contribution in [0.2, 0.25) is 0 Å². The van der Waals surface area contributed by atoms with Crippen LogP contribution in [0.15, 0.2) is 12.7 Å².